The fraction of sp³-hybridized carbons (Fsp3) is 1.00. The van der Waals surface area contributed by atoms with Crippen molar-refractivity contribution in [2.24, 2.45) is 5.14 Å². The minimum absolute atomic E-state index is 0.00866. The summed E-state index contributed by atoms with van der Waals surface area (Å²) in [5, 5.41) is 5.20. The van der Waals surface area contributed by atoms with Crippen molar-refractivity contribution in [3.8, 4) is 0 Å². The van der Waals surface area contributed by atoms with Gasteiger partial charge >= 0.3 is 0 Å². The molecular weight excluding hydrogens is 214 g/mol. The van der Waals surface area contributed by atoms with Crippen LogP contribution in [0.4, 0.5) is 0 Å². The smallest absolute Gasteiger partial charge is 0.277 e. The minimum atomic E-state index is -3.52. The molecule has 0 aliphatic carbocycles. The molecule has 2 N–H and O–H groups in total. The summed E-state index contributed by atoms with van der Waals surface area (Å²) >= 11 is 0. The van der Waals surface area contributed by atoms with Gasteiger partial charge in [0.2, 0.25) is 0 Å². The Balaban J connectivity index is 2.11. The van der Waals surface area contributed by atoms with Gasteiger partial charge in [0.05, 0.1) is 0 Å². The fourth-order valence-corrected chi connectivity index (χ4v) is 3.63. The lowest BCUT2D eigenvalue weighted by molar-refractivity contribution is 0.0564. The van der Waals surface area contributed by atoms with Gasteiger partial charge in [-0.15, -0.1) is 0 Å². The quantitative estimate of drug-likeness (QED) is 0.679. The number of fused-ring (bicyclic) bond motifs is 1. The summed E-state index contributed by atoms with van der Waals surface area (Å²) in [6.45, 7) is 4.42. The van der Waals surface area contributed by atoms with Crippen LogP contribution < -0.4 is 5.14 Å². The number of hydrogen-bond acceptors (Lipinski definition) is 3. The minimum Gasteiger partial charge on any atom is -0.297 e. The molecule has 6 heteroatoms. The van der Waals surface area contributed by atoms with E-state index < -0.39 is 10.2 Å². The predicted molar refractivity (Wildman–Crippen MR) is 58.5 cm³/mol. The van der Waals surface area contributed by atoms with Crippen LogP contribution in [0, 0.1) is 0 Å². The number of nitrogens with zero attached hydrogens (tertiary/aromatic N) is 2. The van der Waals surface area contributed by atoms with Crippen molar-refractivity contribution in [1.29, 1.82) is 0 Å². The maximum atomic E-state index is 11.4. The molecule has 88 valence electrons. The molecule has 0 aromatic heterocycles. The van der Waals surface area contributed by atoms with Crippen LogP contribution in [0.1, 0.15) is 26.2 Å². The first-order valence-electron chi connectivity index (χ1n) is 5.52. The maximum Gasteiger partial charge on any atom is 0.277 e. The molecule has 0 bridgehead atoms. The molecule has 2 heterocycles. The number of piperidine rings is 1. The van der Waals surface area contributed by atoms with Crippen molar-refractivity contribution in [1.82, 2.24) is 9.21 Å². The Morgan fingerprint density at radius 3 is 2.67 bits per heavy atom. The van der Waals surface area contributed by atoms with Crippen LogP contribution in [0.15, 0.2) is 0 Å². The van der Waals surface area contributed by atoms with E-state index in [2.05, 4.69) is 4.90 Å². The van der Waals surface area contributed by atoms with Gasteiger partial charge in [0.15, 0.2) is 0 Å². The van der Waals surface area contributed by atoms with E-state index in [1.54, 1.807) is 0 Å². The summed E-state index contributed by atoms with van der Waals surface area (Å²) in [4.78, 5) is 2.40. The van der Waals surface area contributed by atoms with Crippen LogP contribution in [0.25, 0.3) is 0 Å². The van der Waals surface area contributed by atoms with Crippen molar-refractivity contribution in [3.63, 3.8) is 0 Å². The zero-order chi connectivity index (χ0) is 11.1. The van der Waals surface area contributed by atoms with Crippen LogP contribution in [0.3, 0.4) is 0 Å². The highest BCUT2D eigenvalue weighted by Gasteiger charge is 2.37. The fourth-order valence-electron chi connectivity index (χ4n) is 2.68. The van der Waals surface area contributed by atoms with Crippen LogP contribution in [-0.4, -0.2) is 49.3 Å². The Morgan fingerprint density at radius 1 is 1.27 bits per heavy atom. The Bertz CT molecular complexity index is 330. The first-order chi connectivity index (χ1) is 6.98. The van der Waals surface area contributed by atoms with Gasteiger partial charge in [0.1, 0.15) is 0 Å². The summed E-state index contributed by atoms with van der Waals surface area (Å²) in [7, 11) is -3.52. The van der Waals surface area contributed by atoms with E-state index in [9.17, 15) is 8.42 Å². The van der Waals surface area contributed by atoms with Gasteiger partial charge in [-0.05, 0) is 26.3 Å². The maximum absolute atomic E-state index is 11.4. The normalized spacial score (nSPS) is 35.1. The highest BCUT2D eigenvalue weighted by molar-refractivity contribution is 7.86. The van der Waals surface area contributed by atoms with Crippen LogP contribution in [0.2, 0.25) is 0 Å². The standard InChI is InChI=1S/C9H19N3O2S/c1-8-6-11-5-3-2-4-9(11)7-12(8)15(10,13)14/h8-9H,2-7H2,1H3,(H2,10,13,14). The lowest BCUT2D eigenvalue weighted by Crippen LogP contribution is -2.61. The van der Waals surface area contributed by atoms with E-state index in [1.807, 2.05) is 6.92 Å². The number of piperazine rings is 1. The van der Waals surface area contributed by atoms with Gasteiger partial charge in [-0.25, -0.2) is 5.14 Å². The molecule has 0 amide bonds. The second kappa shape index (κ2) is 4.01. The lowest BCUT2D eigenvalue weighted by Gasteiger charge is -2.46. The van der Waals surface area contributed by atoms with Gasteiger partial charge in [-0.3, -0.25) is 4.90 Å². The molecule has 2 fully saturated rings. The van der Waals surface area contributed by atoms with Gasteiger partial charge in [0, 0.05) is 25.2 Å². The van der Waals surface area contributed by atoms with Gasteiger partial charge < -0.3 is 0 Å². The SMILES string of the molecule is CC1CN2CCCCC2CN1S(N)(=O)=O. The molecule has 0 saturated carbocycles. The van der Waals surface area contributed by atoms with Crippen molar-refractivity contribution in [2.45, 2.75) is 38.3 Å². The molecule has 15 heavy (non-hydrogen) atoms. The topological polar surface area (TPSA) is 66.6 Å². The summed E-state index contributed by atoms with van der Waals surface area (Å²) < 4.78 is 24.2. The number of hydrogen-bond donors (Lipinski definition) is 1. The largest absolute Gasteiger partial charge is 0.297 e. The van der Waals surface area contributed by atoms with Gasteiger partial charge in [-0.2, -0.15) is 12.7 Å². The number of rotatable bonds is 1. The average Bonchev–Trinajstić information content (AvgIpc) is 2.15. The second-order valence-electron chi connectivity index (χ2n) is 4.61. The van der Waals surface area contributed by atoms with Crippen LogP contribution >= 0.6 is 0 Å². The van der Waals surface area contributed by atoms with E-state index in [-0.39, 0.29) is 6.04 Å². The molecule has 0 aromatic carbocycles. The molecule has 0 radical (unpaired) electrons. The second-order valence-corrected chi connectivity index (χ2v) is 6.11. The third-order valence-corrected chi connectivity index (χ3v) is 4.62. The van der Waals surface area contributed by atoms with Crippen molar-refractivity contribution in [2.75, 3.05) is 19.6 Å². The average molecular weight is 233 g/mol. The lowest BCUT2D eigenvalue weighted by atomic mass is 9.99. The Morgan fingerprint density at radius 2 is 2.00 bits per heavy atom. The highest BCUT2D eigenvalue weighted by atomic mass is 32.2. The molecular formula is C9H19N3O2S. The molecule has 2 aliphatic rings. The Labute approximate surface area is 91.4 Å². The van der Waals surface area contributed by atoms with Crippen molar-refractivity contribution in [3.05, 3.63) is 0 Å². The first kappa shape index (κ1) is 11.3. The summed E-state index contributed by atoms with van der Waals surface area (Å²) in [6, 6.07) is 0.391. The van der Waals surface area contributed by atoms with Crippen molar-refractivity contribution >= 4 is 10.2 Å². The van der Waals surface area contributed by atoms with Crippen molar-refractivity contribution < 1.29 is 8.42 Å². The van der Waals surface area contributed by atoms with Crippen LogP contribution in [-0.2, 0) is 10.2 Å². The monoisotopic (exact) mass is 233 g/mol. The third kappa shape index (κ3) is 2.33. The number of nitrogens with two attached hydrogens (primary N) is 1. The van der Waals surface area contributed by atoms with Gasteiger partial charge in [0.25, 0.3) is 10.2 Å². The van der Waals surface area contributed by atoms with Crippen LogP contribution in [0.5, 0.6) is 0 Å². The van der Waals surface area contributed by atoms with E-state index in [0.29, 0.717) is 12.6 Å². The summed E-state index contributed by atoms with van der Waals surface area (Å²) in [6.07, 6.45) is 3.53. The molecule has 0 spiro atoms. The molecule has 2 unspecified atom stereocenters. The molecule has 2 aliphatic heterocycles. The Hall–Kier alpha value is -0.170. The van der Waals surface area contributed by atoms with E-state index in [4.69, 9.17) is 5.14 Å². The van der Waals surface area contributed by atoms with Gasteiger partial charge in [-0.1, -0.05) is 6.42 Å². The van der Waals surface area contributed by atoms with E-state index in [0.717, 1.165) is 19.5 Å². The van der Waals surface area contributed by atoms with E-state index >= 15 is 0 Å². The first-order valence-corrected chi connectivity index (χ1v) is 7.02. The third-order valence-electron chi connectivity index (χ3n) is 3.46. The predicted octanol–water partition coefficient (Wildman–Crippen LogP) is -0.251. The molecule has 2 saturated heterocycles. The summed E-state index contributed by atoms with van der Waals surface area (Å²) in [5.74, 6) is 0. The Kier molecular flexibility index (Phi) is 3.03. The molecule has 5 nitrogen and oxygen atoms in total. The summed E-state index contributed by atoms with van der Waals surface area (Å²) in [5.41, 5.74) is 0. The zero-order valence-electron chi connectivity index (χ0n) is 9.09. The molecule has 2 atom stereocenters. The van der Waals surface area contributed by atoms with E-state index in [1.165, 1.54) is 17.1 Å². The zero-order valence-corrected chi connectivity index (χ0v) is 9.91. The molecule has 2 rings (SSSR count). The highest BCUT2D eigenvalue weighted by Crippen LogP contribution is 2.24. The molecule has 0 aromatic rings.